The van der Waals surface area contributed by atoms with Gasteiger partial charge in [-0.05, 0) is 17.7 Å². The maximum Gasteiger partial charge on any atom is 0.401 e. The SMILES string of the molecule is NCC(NCC(F)(F)F)c1ccc(Cl)cc1Br. The summed E-state index contributed by atoms with van der Waals surface area (Å²) in [5.74, 6) is 0. The molecule has 1 aromatic rings. The van der Waals surface area contributed by atoms with Gasteiger partial charge in [-0.2, -0.15) is 13.2 Å². The van der Waals surface area contributed by atoms with E-state index in [0.717, 1.165) is 0 Å². The number of rotatable bonds is 4. The molecule has 1 unspecified atom stereocenters. The molecule has 0 spiro atoms. The molecule has 96 valence electrons. The minimum absolute atomic E-state index is 0.0658. The zero-order valence-electron chi connectivity index (χ0n) is 8.69. The van der Waals surface area contributed by atoms with E-state index in [9.17, 15) is 13.2 Å². The van der Waals surface area contributed by atoms with Crippen molar-refractivity contribution in [2.24, 2.45) is 5.73 Å². The third-order valence-corrected chi connectivity index (χ3v) is 3.04. The van der Waals surface area contributed by atoms with E-state index in [1.54, 1.807) is 18.2 Å². The van der Waals surface area contributed by atoms with Gasteiger partial charge in [-0.15, -0.1) is 0 Å². The van der Waals surface area contributed by atoms with Crippen molar-refractivity contribution in [1.29, 1.82) is 0 Å². The summed E-state index contributed by atoms with van der Waals surface area (Å²) in [6.07, 6.45) is -4.26. The fourth-order valence-electron chi connectivity index (χ4n) is 1.34. The molecule has 0 fully saturated rings. The molecule has 0 saturated carbocycles. The van der Waals surface area contributed by atoms with Crippen LogP contribution in [0.2, 0.25) is 5.02 Å². The molecule has 1 rings (SSSR count). The molecule has 0 aliphatic carbocycles. The third-order valence-electron chi connectivity index (χ3n) is 2.12. The van der Waals surface area contributed by atoms with Crippen LogP contribution in [0.15, 0.2) is 22.7 Å². The molecule has 0 aromatic heterocycles. The Morgan fingerprint density at radius 2 is 2.06 bits per heavy atom. The lowest BCUT2D eigenvalue weighted by molar-refractivity contribution is -0.126. The summed E-state index contributed by atoms with van der Waals surface area (Å²) >= 11 is 9.00. The van der Waals surface area contributed by atoms with Crippen LogP contribution in [0, 0.1) is 0 Å². The average molecular weight is 332 g/mol. The maximum absolute atomic E-state index is 12.1. The van der Waals surface area contributed by atoms with Gasteiger partial charge in [0.1, 0.15) is 0 Å². The van der Waals surface area contributed by atoms with E-state index in [1.807, 2.05) is 0 Å². The summed E-state index contributed by atoms with van der Waals surface area (Å²) in [6, 6.07) is 4.31. The molecule has 0 aliphatic heterocycles. The Labute approximate surface area is 110 Å². The van der Waals surface area contributed by atoms with Crippen molar-refractivity contribution in [1.82, 2.24) is 5.32 Å². The summed E-state index contributed by atoms with van der Waals surface area (Å²) in [5, 5.41) is 2.87. The van der Waals surface area contributed by atoms with Crippen LogP contribution in [0.1, 0.15) is 11.6 Å². The highest BCUT2D eigenvalue weighted by Crippen LogP contribution is 2.27. The molecule has 0 aliphatic rings. The van der Waals surface area contributed by atoms with Gasteiger partial charge in [0.15, 0.2) is 0 Å². The lowest BCUT2D eigenvalue weighted by atomic mass is 10.1. The van der Waals surface area contributed by atoms with E-state index >= 15 is 0 Å². The van der Waals surface area contributed by atoms with Crippen molar-refractivity contribution in [2.45, 2.75) is 12.2 Å². The quantitative estimate of drug-likeness (QED) is 0.889. The van der Waals surface area contributed by atoms with E-state index in [2.05, 4.69) is 21.2 Å². The van der Waals surface area contributed by atoms with Crippen molar-refractivity contribution in [3.05, 3.63) is 33.3 Å². The lowest BCUT2D eigenvalue weighted by Crippen LogP contribution is -2.35. The molecule has 3 N–H and O–H groups in total. The fourth-order valence-corrected chi connectivity index (χ4v) is 2.30. The Bertz CT molecular complexity index is 384. The minimum atomic E-state index is -4.26. The first kappa shape index (κ1) is 14.8. The Morgan fingerprint density at radius 1 is 1.41 bits per heavy atom. The van der Waals surface area contributed by atoms with Crippen LogP contribution in [0.5, 0.6) is 0 Å². The average Bonchev–Trinajstić information content (AvgIpc) is 2.19. The Kier molecular flexibility index (Phi) is 5.24. The van der Waals surface area contributed by atoms with Crippen LogP contribution in [0.25, 0.3) is 0 Å². The van der Waals surface area contributed by atoms with E-state index in [4.69, 9.17) is 17.3 Å². The van der Waals surface area contributed by atoms with Crippen LogP contribution < -0.4 is 11.1 Å². The van der Waals surface area contributed by atoms with Crippen molar-refractivity contribution < 1.29 is 13.2 Å². The van der Waals surface area contributed by atoms with E-state index in [-0.39, 0.29) is 6.54 Å². The highest BCUT2D eigenvalue weighted by Gasteiger charge is 2.28. The van der Waals surface area contributed by atoms with Crippen molar-refractivity contribution in [2.75, 3.05) is 13.1 Å². The van der Waals surface area contributed by atoms with Crippen molar-refractivity contribution >= 4 is 27.5 Å². The summed E-state index contributed by atoms with van der Waals surface area (Å²) in [7, 11) is 0. The molecule has 7 heteroatoms. The maximum atomic E-state index is 12.1. The van der Waals surface area contributed by atoms with Crippen LogP contribution in [-0.2, 0) is 0 Å². The standard InChI is InChI=1S/C10H11BrClF3N2/c11-8-3-6(12)1-2-7(8)9(4-16)17-5-10(13,14)15/h1-3,9,17H,4-5,16H2. The predicted octanol–water partition coefficient (Wildman–Crippen LogP) is 3.25. The monoisotopic (exact) mass is 330 g/mol. The number of benzene rings is 1. The molecule has 1 aromatic carbocycles. The van der Waals surface area contributed by atoms with Gasteiger partial charge in [-0.25, -0.2) is 0 Å². The Hall–Kier alpha value is -0.300. The molecule has 0 radical (unpaired) electrons. The molecule has 0 amide bonds. The van der Waals surface area contributed by atoms with Gasteiger partial charge in [-0.3, -0.25) is 0 Å². The zero-order chi connectivity index (χ0) is 13.1. The van der Waals surface area contributed by atoms with Crippen molar-refractivity contribution in [3.8, 4) is 0 Å². The van der Waals surface area contributed by atoms with Crippen LogP contribution >= 0.6 is 27.5 Å². The minimum Gasteiger partial charge on any atom is -0.329 e. The summed E-state index contributed by atoms with van der Waals surface area (Å²) in [6.45, 7) is -1.01. The van der Waals surface area contributed by atoms with E-state index in [0.29, 0.717) is 15.1 Å². The first-order chi connectivity index (χ1) is 7.83. The van der Waals surface area contributed by atoms with Crippen LogP contribution in [0.3, 0.4) is 0 Å². The number of hydrogen-bond donors (Lipinski definition) is 2. The first-order valence-corrected chi connectivity index (χ1v) is 5.95. The van der Waals surface area contributed by atoms with Gasteiger partial charge < -0.3 is 11.1 Å². The predicted molar refractivity (Wildman–Crippen MR) is 65.0 cm³/mol. The molecule has 0 heterocycles. The second-order valence-corrected chi connectivity index (χ2v) is 4.74. The molecular formula is C10H11BrClF3N2. The summed E-state index contributed by atoms with van der Waals surface area (Å²) in [5.41, 5.74) is 6.11. The van der Waals surface area contributed by atoms with Crippen LogP contribution in [0.4, 0.5) is 13.2 Å². The lowest BCUT2D eigenvalue weighted by Gasteiger charge is -2.19. The molecule has 1 atom stereocenters. The number of alkyl halides is 3. The van der Waals surface area contributed by atoms with Crippen molar-refractivity contribution in [3.63, 3.8) is 0 Å². The van der Waals surface area contributed by atoms with Gasteiger partial charge in [0, 0.05) is 22.1 Å². The third kappa shape index (κ3) is 4.83. The number of nitrogens with two attached hydrogens (primary N) is 1. The number of nitrogens with one attached hydrogen (secondary N) is 1. The topological polar surface area (TPSA) is 38.0 Å². The second-order valence-electron chi connectivity index (χ2n) is 3.45. The first-order valence-electron chi connectivity index (χ1n) is 4.78. The highest BCUT2D eigenvalue weighted by atomic mass is 79.9. The van der Waals surface area contributed by atoms with Gasteiger partial charge in [0.05, 0.1) is 6.54 Å². The molecular weight excluding hydrogens is 320 g/mol. The van der Waals surface area contributed by atoms with Gasteiger partial charge in [0.2, 0.25) is 0 Å². The Morgan fingerprint density at radius 3 is 2.53 bits per heavy atom. The fraction of sp³-hybridized carbons (Fsp3) is 0.400. The zero-order valence-corrected chi connectivity index (χ0v) is 11.0. The largest absolute Gasteiger partial charge is 0.401 e. The molecule has 2 nitrogen and oxygen atoms in total. The highest BCUT2D eigenvalue weighted by molar-refractivity contribution is 9.10. The number of hydrogen-bond acceptors (Lipinski definition) is 2. The van der Waals surface area contributed by atoms with Gasteiger partial charge in [0.25, 0.3) is 0 Å². The molecule has 0 saturated heterocycles. The number of halogens is 5. The second kappa shape index (κ2) is 6.04. The van der Waals surface area contributed by atoms with Crippen LogP contribution in [-0.4, -0.2) is 19.3 Å². The van der Waals surface area contributed by atoms with E-state index < -0.39 is 18.8 Å². The Balaban J connectivity index is 2.79. The van der Waals surface area contributed by atoms with Gasteiger partial charge in [-0.1, -0.05) is 33.6 Å². The molecule has 0 bridgehead atoms. The van der Waals surface area contributed by atoms with Gasteiger partial charge >= 0.3 is 6.18 Å². The molecule has 17 heavy (non-hydrogen) atoms. The summed E-state index contributed by atoms with van der Waals surface area (Å²) < 4.78 is 36.9. The normalized spacial score (nSPS) is 13.8. The smallest absolute Gasteiger partial charge is 0.329 e. The van der Waals surface area contributed by atoms with E-state index in [1.165, 1.54) is 0 Å². The summed E-state index contributed by atoms with van der Waals surface area (Å²) in [4.78, 5) is 0.